The van der Waals surface area contributed by atoms with Gasteiger partial charge in [-0.05, 0) is 43.2 Å². The van der Waals surface area contributed by atoms with Gasteiger partial charge in [-0.1, -0.05) is 24.3 Å². The second kappa shape index (κ2) is 8.99. The quantitative estimate of drug-likeness (QED) is 0.744. The number of anilines is 1. The summed E-state index contributed by atoms with van der Waals surface area (Å²) in [6.07, 6.45) is 2.01. The molecule has 1 fully saturated rings. The Balaban J connectivity index is 1.52. The molecule has 0 aliphatic carbocycles. The van der Waals surface area contributed by atoms with Crippen molar-refractivity contribution < 1.29 is 18.0 Å². The van der Waals surface area contributed by atoms with Crippen LogP contribution in [0.4, 0.5) is 5.69 Å². The van der Waals surface area contributed by atoms with Crippen molar-refractivity contribution in [3.8, 4) is 0 Å². The van der Waals surface area contributed by atoms with E-state index in [2.05, 4.69) is 10.0 Å². The molecule has 8 heteroatoms. The smallest absolute Gasteiger partial charge is 0.253 e. The van der Waals surface area contributed by atoms with Gasteiger partial charge >= 0.3 is 0 Å². The van der Waals surface area contributed by atoms with E-state index in [-0.39, 0.29) is 29.7 Å². The van der Waals surface area contributed by atoms with Crippen molar-refractivity contribution in [2.24, 2.45) is 0 Å². The topological polar surface area (TPSA) is 95.6 Å². The molecular formula is C20H23N3O4S. The number of benzene rings is 2. The third-order valence-corrected chi connectivity index (χ3v) is 5.96. The highest BCUT2D eigenvalue weighted by molar-refractivity contribution is 7.89. The molecule has 7 nitrogen and oxygen atoms in total. The number of amides is 2. The molecule has 28 heavy (non-hydrogen) atoms. The van der Waals surface area contributed by atoms with Crippen LogP contribution < -0.4 is 10.0 Å². The molecule has 0 spiro atoms. The molecule has 0 aromatic heterocycles. The van der Waals surface area contributed by atoms with Gasteiger partial charge in [-0.25, -0.2) is 13.1 Å². The van der Waals surface area contributed by atoms with Crippen LogP contribution in [0.25, 0.3) is 0 Å². The van der Waals surface area contributed by atoms with E-state index in [0.717, 1.165) is 25.9 Å². The number of hydrogen-bond acceptors (Lipinski definition) is 4. The van der Waals surface area contributed by atoms with Crippen molar-refractivity contribution in [2.75, 3.05) is 25.0 Å². The van der Waals surface area contributed by atoms with Crippen molar-refractivity contribution in [3.05, 3.63) is 60.2 Å². The Morgan fingerprint density at radius 2 is 1.68 bits per heavy atom. The van der Waals surface area contributed by atoms with Crippen LogP contribution in [-0.2, 0) is 14.8 Å². The largest absolute Gasteiger partial charge is 0.339 e. The van der Waals surface area contributed by atoms with Gasteiger partial charge in [-0.3, -0.25) is 9.59 Å². The SMILES string of the molecule is O=C(CCNS(=O)(=O)c1ccccc1)Nc1cccc(C(=O)N2CCCC2)c1. The number of carbonyl (C=O) groups is 2. The average Bonchev–Trinajstić information content (AvgIpc) is 3.23. The van der Waals surface area contributed by atoms with Gasteiger partial charge < -0.3 is 10.2 Å². The third-order valence-electron chi connectivity index (χ3n) is 4.48. The lowest BCUT2D eigenvalue weighted by atomic mass is 10.1. The van der Waals surface area contributed by atoms with E-state index >= 15 is 0 Å². The van der Waals surface area contributed by atoms with E-state index in [1.54, 1.807) is 47.4 Å². The predicted molar refractivity (Wildman–Crippen MR) is 106 cm³/mol. The van der Waals surface area contributed by atoms with Gasteiger partial charge in [0.1, 0.15) is 0 Å². The normalized spacial score (nSPS) is 14.1. The first-order chi connectivity index (χ1) is 13.5. The molecule has 2 N–H and O–H groups in total. The van der Waals surface area contributed by atoms with Gasteiger partial charge in [0, 0.05) is 37.3 Å². The van der Waals surface area contributed by atoms with Crippen molar-refractivity contribution in [1.29, 1.82) is 0 Å². The zero-order chi connectivity index (χ0) is 20.0. The summed E-state index contributed by atoms with van der Waals surface area (Å²) in [6, 6.07) is 14.8. The van der Waals surface area contributed by atoms with Crippen LogP contribution in [0.5, 0.6) is 0 Å². The molecule has 2 amide bonds. The van der Waals surface area contributed by atoms with Crippen LogP contribution in [0.2, 0.25) is 0 Å². The maximum atomic E-state index is 12.4. The lowest BCUT2D eigenvalue weighted by Crippen LogP contribution is -2.28. The zero-order valence-corrected chi connectivity index (χ0v) is 16.2. The molecule has 3 rings (SSSR count). The summed E-state index contributed by atoms with van der Waals surface area (Å²) in [6.45, 7) is 1.50. The first-order valence-corrected chi connectivity index (χ1v) is 10.7. The van der Waals surface area contributed by atoms with E-state index in [4.69, 9.17) is 0 Å². The van der Waals surface area contributed by atoms with Gasteiger partial charge in [0.25, 0.3) is 5.91 Å². The molecule has 1 saturated heterocycles. The van der Waals surface area contributed by atoms with Crippen molar-refractivity contribution >= 4 is 27.5 Å². The number of hydrogen-bond donors (Lipinski definition) is 2. The summed E-state index contributed by atoms with van der Waals surface area (Å²) in [4.78, 5) is 26.5. The molecule has 0 radical (unpaired) electrons. The summed E-state index contributed by atoms with van der Waals surface area (Å²) in [5.41, 5.74) is 1.05. The summed E-state index contributed by atoms with van der Waals surface area (Å²) >= 11 is 0. The van der Waals surface area contributed by atoms with Crippen molar-refractivity contribution in [2.45, 2.75) is 24.2 Å². The minimum absolute atomic E-state index is 0.0175. The Hall–Kier alpha value is -2.71. The number of nitrogens with one attached hydrogen (secondary N) is 2. The Bertz CT molecular complexity index is 939. The van der Waals surface area contributed by atoms with E-state index in [1.165, 1.54) is 12.1 Å². The monoisotopic (exact) mass is 401 g/mol. The summed E-state index contributed by atoms with van der Waals surface area (Å²) in [5, 5.41) is 2.71. The molecule has 2 aromatic rings. The van der Waals surface area contributed by atoms with Gasteiger partial charge in [0.05, 0.1) is 4.90 Å². The molecule has 0 unspecified atom stereocenters. The highest BCUT2D eigenvalue weighted by Crippen LogP contribution is 2.16. The van der Waals surface area contributed by atoms with Crippen LogP contribution in [0.3, 0.4) is 0 Å². The number of carbonyl (C=O) groups excluding carboxylic acids is 2. The summed E-state index contributed by atoms with van der Waals surface area (Å²) in [7, 11) is -3.64. The second-order valence-electron chi connectivity index (χ2n) is 6.59. The van der Waals surface area contributed by atoms with E-state index < -0.39 is 10.0 Å². The van der Waals surface area contributed by atoms with Crippen LogP contribution in [0.1, 0.15) is 29.6 Å². The zero-order valence-electron chi connectivity index (χ0n) is 15.4. The van der Waals surface area contributed by atoms with Crippen LogP contribution >= 0.6 is 0 Å². The van der Waals surface area contributed by atoms with E-state index in [9.17, 15) is 18.0 Å². The average molecular weight is 401 g/mol. The highest BCUT2D eigenvalue weighted by atomic mass is 32.2. The van der Waals surface area contributed by atoms with E-state index in [0.29, 0.717) is 11.3 Å². The van der Waals surface area contributed by atoms with E-state index in [1.807, 2.05) is 0 Å². The fourth-order valence-corrected chi connectivity index (χ4v) is 4.09. The lowest BCUT2D eigenvalue weighted by Gasteiger charge is -2.15. The molecular weight excluding hydrogens is 378 g/mol. The number of rotatable bonds is 7. The first-order valence-electron chi connectivity index (χ1n) is 9.20. The predicted octanol–water partition coefficient (Wildman–Crippen LogP) is 2.23. The Labute approximate surface area is 164 Å². The maximum absolute atomic E-state index is 12.4. The maximum Gasteiger partial charge on any atom is 0.253 e. The third kappa shape index (κ3) is 5.17. The number of likely N-dealkylation sites (tertiary alicyclic amines) is 1. The molecule has 1 heterocycles. The Kier molecular flexibility index (Phi) is 6.43. The minimum atomic E-state index is -3.64. The van der Waals surface area contributed by atoms with Gasteiger partial charge in [0.2, 0.25) is 15.9 Å². The molecule has 0 saturated carbocycles. The van der Waals surface area contributed by atoms with Crippen molar-refractivity contribution in [1.82, 2.24) is 9.62 Å². The van der Waals surface area contributed by atoms with Crippen molar-refractivity contribution in [3.63, 3.8) is 0 Å². The Morgan fingerprint density at radius 3 is 2.39 bits per heavy atom. The van der Waals surface area contributed by atoms with Gasteiger partial charge in [0.15, 0.2) is 0 Å². The van der Waals surface area contributed by atoms with Crippen LogP contribution in [-0.4, -0.2) is 44.8 Å². The molecule has 0 atom stereocenters. The molecule has 2 aromatic carbocycles. The van der Waals surface area contributed by atoms with Gasteiger partial charge in [-0.2, -0.15) is 0 Å². The van der Waals surface area contributed by atoms with Crippen LogP contribution in [0, 0.1) is 0 Å². The molecule has 1 aliphatic heterocycles. The standard InChI is InChI=1S/C20H23N3O4S/c24-19(11-12-21-28(26,27)18-9-2-1-3-10-18)22-17-8-6-7-16(15-17)20(25)23-13-4-5-14-23/h1-3,6-10,15,21H,4-5,11-14H2,(H,22,24). The number of sulfonamides is 1. The minimum Gasteiger partial charge on any atom is -0.339 e. The van der Waals surface area contributed by atoms with Gasteiger partial charge in [-0.15, -0.1) is 0 Å². The molecule has 0 bridgehead atoms. The molecule has 1 aliphatic rings. The second-order valence-corrected chi connectivity index (χ2v) is 8.36. The van der Waals surface area contributed by atoms with Crippen LogP contribution in [0.15, 0.2) is 59.5 Å². The first kappa shape index (κ1) is 20.0. The lowest BCUT2D eigenvalue weighted by molar-refractivity contribution is -0.116. The highest BCUT2D eigenvalue weighted by Gasteiger charge is 2.19. The fraction of sp³-hybridized carbons (Fsp3) is 0.300. The Morgan fingerprint density at radius 1 is 0.964 bits per heavy atom. The fourth-order valence-electron chi connectivity index (χ4n) is 3.04. The summed E-state index contributed by atoms with van der Waals surface area (Å²) < 4.78 is 26.7. The summed E-state index contributed by atoms with van der Waals surface area (Å²) in [5.74, 6) is -0.370. The number of nitrogens with zero attached hydrogens (tertiary/aromatic N) is 1. The molecule has 148 valence electrons.